The van der Waals surface area contributed by atoms with E-state index in [1.165, 1.54) is 6.07 Å². The number of ether oxygens (including phenoxy) is 2. The maximum absolute atomic E-state index is 12.4. The molecule has 0 saturated heterocycles. The van der Waals surface area contributed by atoms with E-state index in [1.54, 1.807) is 20.2 Å². The molecule has 0 unspecified atom stereocenters. The van der Waals surface area contributed by atoms with Crippen molar-refractivity contribution in [1.29, 1.82) is 0 Å². The van der Waals surface area contributed by atoms with Crippen LogP contribution in [0.5, 0.6) is 5.88 Å². The third-order valence-electron chi connectivity index (χ3n) is 4.18. The first-order valence-electron chi connectivity index (χ1n) is 7.96. The molecule has 24 heavy (non-hydrogen) atoms. The van der Waals surface area contributed by atoms with Crippen molar-refractivity contribution in [2.45, 2.75) is 26.8 Å². The average molecular weight is 328 g/mol. The molecule has 2 aromatic rings. The van der Waals surface area contributed by atoms with Crippen LogP contribution in [0.2, 0.25) is 0 Å². The molecule has 0 amide bonds. The van der Waals surface area contributed by atoms with Crippen molar-refractivity contribution in [1.82, 2.24) is 9.55 Å². The van der Waals surface area contributed by atoms with E-state index in [4.69, 9.17) is 9.47 Å². The van der Waals surface area contributed by atoms with Crippen molar-refractivity contribution in [3.05, 3.63) is 45.7 Å². The quantitative estimate of drug-likeness (QED) is 0.807. The summed E-state index contributed by atoms with van der Waals surface area (Å²) in [5.74, 6) is 0.158. The summed E-state index contributed by atoms with van der Waals surface area (Å²) in [6.45, 7) is 6.13. The van der Waals surface area contributed by atoms with Crippen LogP contribution >= 0.6 is 0 Å². The van der Waals surface area contributed by atoms with Crippen LogP contribution in [0.4, 0.5) is 0 Å². The van der Waals surface area contributed by atoms with E-state index in [9.17, 15) is 9.59 Å². The lowest BCUT2D eigenvalue weighted by Crippen LogP contribution is -2.22. The number of methoxy groups -OCH3 is 1. The van der Waals surface area contributed by atoms with Crippen LogP contribution in [0.3, 0.4) is 0 Å². The lowest BCUT2D eigenvalue weighted by Gasteiger charge is -2.20. The number of hydrogen-bond donors (Lipinski definition) is 0. The number of carbonyl (C=O) groups excluding carboxylic acids is 1. The summed E-state index contributed by atoms with van der Waals surface area (Å²) in [5.41, 5.74) is 2.12. The van der Waals surface area contributed by atoms with Gasteiger partial charge in [-0.3, -0.25) is 4.79 Å². The zero-order valence-corrected chi connectivity index (χ0v) is 14.2. The van der Waals surface area contributed by atoms with Crippen molar-refractivity contribution in [3.63, 3.8) is 0 Å². The second-order valence-electron chi connectivity index (χ2n) is 6.04. The molecular weight excluding hydrogens is 308 g/mol. The predicted molar refractivity (Wildman–Crippen MR) is 89.4 cm³/mol. The van der Waals surface area contributed by atoms with E-state index < -0.39 is 5.97 Å². The van der Waals surface area contributed by atoms with Crippen LogP contribution in [0, 0.1) is 5.92 Å². The summed E-state index contributed by atoms with van der Waals surface area (Å²) in [5, 5.41) is 0. The number of pyridine rings is 2. The molecule has 3 heterocycles. The monoisotopic (exact) mass is 328 g/mol. The van der Waals surface area contributed by atoms with E-state index in [1.807, 2.05) is 16.7 Å². The molecule has 126 valence electrons. The molecule has 1 aliphatic heterocycles. The highest BCUT2D eigenvalue weighted by molar-refractivity contribution is 5.89. The Hall–Kier alpha value is -2.63. The Morgan fingerprint density at radius 3 is 2.75 bits per heavy atom. The number of rotatable bonds is 4. The smallest absolute Gasteiger partial charge is 0.343 e. The van der Waals surface area contributed by atoms with Gasteiger partial charge in [-0.2, -0.15) is 0 Å². The average Bonchev–Trinajstić information content (AvgIpc) is 2.87. The van der Waals surface area contributed by atoms with Crippen molar-refractivity contribution < 1.29 is 14.3 Å². The Morgan fingerprint density at radius 1 is 1.38 bits per heavy atom. The Bertz CT molecular complexity index is 855. The van der Waals surface area contributed by atoms with Crippen molar-refractivity contribution in [3.8, 4) is 17.3 Å². The molecule has 0 bridgehead atoms. The minimum atomic E-state index is -0.596. The Labute approximate surface area is 140 Å². The maximum Gasteiger partial charge on any atom is 0.343 e. The van der Waals surface area contributed by atoms with Gasteiger partial charge in [0.1, 0.15) is 5.56 Å². The highest BCUT2D eigenvalue weighted by Crippen LogP contribution is 2.42. The van der Waals surface area contributed by atoms with Crippen LogP contribution in [-0.4, -0.2) is 29.2 Å². The summed E-state index contributed by atoms with van der Waals surface area (Å²) < 4.78 is 12.1. The van der Waals surface area contributed by atoms with Gasteiger partial charge in [-0.15, -0.1) is 0 Å². The van der Waals surface area contributed by atoms with Gasteiger partial charge < -0.3 is 14.0 Å². The fourth-order valence-electron chi connectivity index (χ4n) is 3.17. The van der Waals surface area contributed by atoms with Gasteiger partial charge in [0.2, 0.25) is 5.88 Å². The molecule has 0 N–H and O–H groups in total. The zero-order chi connectivity index (χ0) is 17.4. The van der Waals surface area contributed by atoms with Crippen LogP contribution < -0.4 is 10.2 Å². The molecule has 1 aliphatic rings. The number of fused-ring (bicyclic) bond motifs is 3. The standard InChI is InChI=1S/C18H20N2O4/c1-5-24-18(22)12-9-20-13(8-14(12)21)16-11(17(20)10(2)3)6-7-15(19-16)23-4/h6-10,17H,5H2,1-4H3/t17-/m1/s1. The van der Waals surface area contributed by atoms with Gasteiger partial charge in [0.05, 0.1) is 31.1 Å². The maximum atomic E-state index is 12.4. The van der Waals surface area contributed by atoms with E-state index in [-0.39, 0.29) is 29.6 Å². The van der Waals surface area contributed by atoms with Gasteiger partial charge in [0.25, 0.3) is 0 Å². The lowest BCUT2D eigenvalue weighted by atomic mass is 9.97. The summed E-state index contributed by atoms with van der Waals surface area (Å²) in [7, 11) is 1.56. The van der Waals surface area contributed by atoms with E-state index in [0.717, 1.165) is 11.3 Å². The highest BCUT2D eigenvalue weighted by atomic mass is 16.5. The van der Waals surface area contributed by atoms with Gasteiger partial charge in [-0.1, -0.05) is 13.8 Å². The molecule has 0 spiro atoms. The number of carbonyl (C=O) groups is 1. The fourth-order valence-corrected chi connectivity index (χ4v) is 3.17. The van der Waals surface area contributed by atoms with Crippen molar-refractivity contribution >= 4 is 5.97 Å². The molecule has 0 radical (unpaired) electrons. The van der Waals surface area contributed by atoms with Crippen molar-refractivity contribution in [2.24, 2.45) is 5.92 Å². The molecule has 2 aromatic heterocycles. The van der Waals surface area contributed by atoms with Gasteiger partial charge >= 0.3 is 5.97 Å². The first-order valence-corrected chi connectivity index (χ1v) is 7.96. The topological polar surface area (TPSA) is 70.4 Å². The lowest BCUT2D eigenvalue weighted by molar-refractivity contribution is 0.0523. The Kier molecular flexibility index (Phi) is 4.13. The summed E-state index contributed by atoms with van der Waals surface area (Å²) >= 11 is 0. The number of esters is 1. The van der Waals surface area contributed by atoms with E-state index >= 15 is 0 Å². The molecule has 6 nitrogen and oxygen atoms in total. The van der Waals surface area contributed by atoms with Crippen LogP contribution in [0.25, 0.3) is 11.4 Å². The fraction of sp³-hybridized carbons (Fsp3) is 0.389. The second-order valence-corrected chi connectivity index (χ2v) is 6.04. The van der Waals surface area contributed by atoms with Crippen LogP contribution in [-0.2, 0) is 4.74 Å². The normalized spacial score (nSPS) is 15.1. The summed E-state index contributed by atoms with van der Waals surface area (Å²) in [4.78, 5) is 28.9. The first kappa shape index (κ1) is 16.2. The molecule has 0 aliphatic carbocycles. The van der Waals surface area contributed by atoms with Gasteiger partial charge in [0, 0.05) is 23.9 Å². The van der Waals surface area contributed by atoms with Gasteiger partial charge in [-0.05, 0) is 18.9 Å². The molecule has 0 saturated carbocycles. The Morgan fingerprint density at radius 2 is 2.12 bits per heavy atom. The van der Waals surface area contributed by atoms with Gasteiger partial charge in [-0.25, -0.2) is 9.78 Å². The zero-order valence-electron chi connectivity index (χ0n) is 14.2. The van der Waals surface area contributed by atoms with Crippen LogP contribution in [0.1, 0.15) is 42.7 Å². The minimum Gasteiger partial charge on any atom is -0.481 e. The number of nitrogens with zero attached hydrogens (tertiary/aromatic N) is 2. The molecule has 0 fully saturated rings. The second kappa shape index (κ2) is 6.11. The van der Waals surface area contributed by atoms with Gasteiger partial charge in [0.15, 0.2) is 5.43 Å². The predicted octanol–water partition coefficient (Wildman–Crippen LogP) is 2.65. The summed E-state index contributed by atoms with van der Waals surface area (Å²) in [6.07, 6.45) is 1.59. The molecule has 3 rings (SSSR count). The molecule has 6 heteroatoms. The van der Waals surface area contributed by atoms with E-state index in [2.05, 4.69) is 18.8 Å². The third-order valence-corrected chi connectivity index (χ3v) is 4.18. The minimum absolute atomic E-state index is 0.00202. The first-order chi connectivity index (χ1) is 11.5. The SMILES string of the molecule is CCOC(=O)c1cn2c(cc1=O)-c1nc(OC)ccc1[C@H]2C(C)C. The largest absolute Gasteiger partial charge is 0.481 e. The molecular formula is C18H20N2O4. The Balaban J connectivity index is 2.22. The van der Waals surface area contributed by atoms with Crippen LogP contribution in [0.15, 0.2) is 29.2 Å². The molecule has 1 atom stereocenters. The number of aromatic nitrogens is 2. The van der Waals surface area contributed by atoms with Crippen molar-refractivity contribution in [2.75, 3.05) is 13.7 Å². The van der Waals surface area contributed by atoms with E-state index in [0.29, 0.717) is 11.6 Å². The highest BCUT2D eigenvalue weighted by Gasteiger charge is 2.33. The summed E-state index contributed by atoms with van der Waals surface area (Å²) in [6, 6.07) is 5.24. The third kappa shape index (κ3) is 2.48. The molecule has 0 aromatic carbocycles. The number of hydrogen-bond acceptors (Lipinski definition) is 5.